The molecule has 128 valence electrons. The Kier molecular flexibility index (Phi) is 4.67. The van der Waals surface area contributed by atoms with Gasteiger partial charge in [0.25, 0.3) is 0 Å². The maximum Gasteiger partial charge on any atom is 0.324 e. The molecule has 0 unspecified atom stereocenters. The molecule has 4 atom stereocenters. The van der Waals surface area contributed by atoms with Crippen molar-refractivity contribution in [1.82, 2.24) is 4.90 Å². The molecule has 0 saturated heterocycles. The molecule has 2 aliphatic rings. The van der Waals surface area contributed by atoms with Crippen molar-refractivity contribution in [3.05, 3.63) is 0 Å². The first-order valence-corrected chi connectivity index (χ1v) is 8.90. The van der Waals surface area contributed by atoms with Gasteiger partial charge in [0.2, 0.25) is 0 Å². The number of esters is 1. The molecular formula is C18H34N2O2. The highest BCUT2D eigenvalue weighted by molar-refractivity contribution is 5.78. The number of likely N-dealkylation sites (N-methyl/N-ethyl adjacent to an activating group) is 1. The molecule has 0 aromatic carbocycles. The Bertz CT molecular complexity index is 433. The van der Waals surface area contributed by atoms with Gasteiger partial charge in [0.05, 0.1) is 12.1 Å². The van der Waals surface area contributed by atoms with Crippen LogP contribution in [-0.2, 0) is 9.53 Å². The molecule has 0 aliphatic heterocycles. The molecule has 2 saturated carbocycles. The average Bonchev–Trinajstić information content (AvgIpc) is 2.80. The van der Waals surface area contributed by atoms with Crippen molar-refractivity contribution in [2.75, 3.05) is 19.7 Å². The maximum atomic E-state index is 12.5. The van der Waals surface area contributed by atoms with Crippen LogP contribution in [-0.4, -0.2) is 42.1 Å². The highest BCUT2D eigenvalue weighted by atomic mass is 16.5. The molecule has 22 heavy (non-hydrogen) atoms. The van der Waals surface area contributed by atoms with Gasteiger partial charge in [0, 0.05) is 0 Å². The van der Waals surface area contributed by atoms with Crippen LogP contribution in [0.2, 0.25) is 0 Å². The summed E-state index contributed by atoms with van der Waals surface area (Å²) in [4.78, 5) is 15.0. The van der Waals surface area contributed by atoms with Crippen molar-refractivity contribution in [1.29, 1.82) is 0 Å². The summed E-state index contributed by atoms with van der Waals surface area (Å²) in [7, 11) is 0. The summed E-state index contributed by atoms with van der Waals surface area (Å²) in [5, 5.41) is 0. The third kappa shape index (κ3) is 1.99. The van der Waals surface area contributed by atoms with E-state index in [0.29, 0.717) is 12.5 Å². The number of fused-ring (bicyclic) bond motifs is 2. The van der Waals surface area contributed by atoms with Gasteiger partial charge < -0.3 is 10.5 Å². The zero-order valence-electron chi connectivity index (χ0n) is 15.2. The van der Waals surface area contributed by atoms with Gasteiger partial charge in [0.15, 0.2) is 0 Å². The van der Waals surface area contributed by atoms with E-state index in [2.05, 4.69) is 39.5 Å². The lowest BCUT2D eigenvalue weighted by Crippen LogP contribution is -2.70. The largest absolute Gasteiger partial charge is 0.465 e. The van der Waals surface area contributed by atoms with Crippen LogP contribution < -0.4 is 5.73 Å². The molecule has 2 bridgehead atoms. The minimum atomic E-state index is -0.568. The van der Waals surface area contributed by atoms with Crippen LogP contribution in [0.4, 0.5) is 0 Å². The molecular weight excluding hydrogens is 276 g/mol. The van der Waals surface area contributed by atoms with Crippen LogP contribution in [0.5, 0.6) is 0 Å². The summed E-state index contributed by atoms with van der Waals surface area (Å²) in [6, 6.07) is -0.568. The molecule has 0 aromatic heterocycles. The van der Waals surface area contributed by atoms with Gasteiger partial charge >= 0.3 is 5.97 Å². The number of ether oxygens (including phenoxy) is 1. The third-order valence-electron chi connectivity index (χ3n) is 7.33. The van der Waals surface area contributed by atoms with Crippen LogP contribution >= 0.6 is 0 Å². The van der Waals surface area contributed by atoms with Crippen molar-refractivity contribution in [2.24, 2.45) is 22.5 Å². The number of carbonyl (C=O) groups excluding carboxylic acids is 1. The number of carbonyl (C=O) groups is 1. The zero-order valence-corrected chi connectivity index (χ0v) is 15.2. The Morgan fingerprint density at radius 2 is 1.86 bits per heavy atom. The molecule has 2 N–H and O–H groups in total. The predicted octanol–water partition coefficient (Wildman–Crippen LogP) is 2.80. The molecule has 4 heteroatoms. The van der Waals surface area contributed by atoms with Crippen LogP contribution in [0.1, 0.15) is 60.8 Å². The fourth-order valence-electron chi connectivity index (χ4n) is 5.69. The highest BCUT2D eigenvalue weighted by Crippen LogP contribution is 2.71. The van der Waals surface area contributed by atoms with Gasteiger partial charge in [-0.3, -0.25) is 9.69 Å². The Balaban J connectivity index is 2.52. The molecule has 2 rings (SSSR count). The summed E-state index contributed by atoms with van der Waals surface area (Å²) >= 11 is 0. The second kappa shape index (κ2) is 5.79. The Morgan fingerprint density at radius 1 is 1.27 bits per heavy atom. The highest BCUT2D eigenvalue weighted by Gasteiger charge is 2.72. The number of rotatable bonds is 6. The summed E-state index contributed by atoms with van der Waals surface area (Å²) in [5.41, 5.74) is 6.54. The Morgan fingerprint density at radius 3 is 2.23 bits per heavy atom. The monoisotopic (exact) mass is 310 g/mol. The minimum Gasteiger partial charge on any atom is -0.465 e. The first kappa shape index (κ1) is 17.7. The second-order valence-corrected chi connectivity index (χ2v) is 7.82. The molecule has 0 aromatic rings. The van der Waals surface area contributed by atoms with Gasteiger partial charge in [-0.05, 0) is 56.0 Å². The quantitative estimate of drug-likeness (QED) is 0.767. The number of hydrogen-bond acceptors (Lipinski definition) is 4. The number of nitrogens with zero attached hydrogens (tertiary/aromatic N) is 1. The second-order valence-electron chi connectivity index (χ2n) is 7.82. The number of nitrogens with two attached hydrogens (primary N) is 1. The number of hydrogen-bond donors (Lipinski definition) is 1. The lowest BCUT2D eigenvalue weighted by atomic mass is 9.59. The summed E-state index contributed by atoms with van der Waals surface area (Å²) in [5.74, 6) is 0.401. The van der Waals surface area contributed by atoms with E-state index < -0.39 is 6.04 Å². The first-order chi connectivity index (χ1) is 10.2. The van der Waals surface area contributed by atoms with Gasteiger partial charge in [-0.25, -0.2) is 0 Å². The van der Waals surface area contributed by atoms with E-state index in [1.54, 1.807) is 0 Å². The van der Waals surface area contributed by atoms with E-state index >= 15 is 0 Å². The molecule has 0 amide bonds. The molecule has 0 radical (unpaired) electrons. The topological polar surface area (TPSA) is 55.6 Å². The summed E-state index contributed by atoms with van der Waals surface area (Å²) < 4.78 is 5.31. The first-order valence-electron chi connectivity index (χ1n) is 8.90. The fourth-order valence-corrected chi connectivity index (χ4v) is 5.69. The van der Waals surface area contributed by atoms with Crippen molar-refractivity contribution in [3.63, 3.8) is 0 Å². The van der Waals surface area contributed by atoms with Crippen molar-refractivity contribution in [2.45, 2.75) is 72.4 Å². The third-order valence-corrected chi connectivity index (χ3v) is 7.33. The van der Waals surface area contributed by atoms with Gasteiger partial charge in [0.1, 0.15) is 6.04 Å². The average molecular weight is 310 g/mol. The minimum absolute atomic E-state index is 0.0445. The van der Waals surface area contributed by atoms with Crippen molar-refractivity contribution in [3.8, 4) is 0 Å². The smallest absolute Gasteiger partial charge is 0.324 e. The SMILES string of the molecule is CCOC(=O)[C@@H](N)[C@@]1(N(CC)CC)C[C@H]2CC[C@]1(C)C2(C)C. The molecule has 0 spiro atoms. The summed E-state index contributed by atoms with van der Waals surface area (Å²) in [6.45, 7) is 15.5. The van der Waals surface area contributed by atoms with Crippen LogP contribution in [0.3, 0.4) is 0 Å². The Hall–Kier alpha value is -0.610. The van der Waals surface area contributed by atoms with E-state index in [0.717, 1.165) is 25.9 Å². The van der Waals surface area contributed by atoms with E-state index in [9.17, 15) is 4.79 Å². The maximum absolute atomic E-state index is 12.5. The lowest BCUT2D eigenvalue weighted by Gasteiger charge is -2.56. The van der Waals surface area contributed by atoms with E-state index in [-0.39, 0.29) is 22.3 Å². The molecule has 4 nitrogen and oxygen atoms in total. The predicted molar refractivity (Wildman–Crippen MR) is 89.5 cm³/mol. The Labute approximate surface area is 135 Å². The van der Waals surface area contributed by atoms with Gasteiger partial charge in [-0.15, -0.1) is 0 Å². The van der Waals surface area contributed by atoms with Gasteiger partial charge in [-0.2, -0.15) is 0 Å². The van der Waals surface area contributed by atoms with E-state index in [1.165, 1.54) is 6.42 Å². The van der Waals surface area contributed by atoms with E-state index in [1.807, 2.05) is 6.92 Å². The van der Waals surface area contributed by atoms with Crippen LogP contribution in [0.25, 0.3) is 0 Å². The van der Waals surface area contributed by atoms with E-state index in [4.69, 9.17) is 10.5 Å². The zero-order chi connectivity index (χ0) is 16.8. The summed E-state index contributed by atoms with van der Waals surface area (Å²) in [6.07, 6.45) is 3.41. The van der Waals surface area contributed by atoms with Crippen molar-refractivity contribution >= 4 is 5.97 Å². The standard InChI is InChI=1S/C18H34N2O2/c1-7-20(8-2)18(14(19)15(21)22-9-3)12-13-10-11-17(18,6)16(13,4)5/h13-14H,7-12,19H2,1-6H3/t13-,14-,17-,18+/m1/s1. The molecule has 2 aliphatic carbocycles. The van der Waals surface area contributed by atoms with Crippen LogP contribution in [0, 0.1) is 16.7 Å². The van der Waals surface area contributed by atoms with Crippen LogP contribution in [0.15, 0.2) is 0 Å². The van der Waals surface area contributed by atoms with Gasteiger partial charge in [-0.1, -0.05) is 34.6 Å². The molecule has 0 heterocycles. The van der Waals surface area contributed by atoms with Crippen molar-refractivity contribution < 1.29 is 9.53 Å². The lowest BCUT2D eigenvalue weighted by molar-refractivity contribution is -0.155. The fraction of sp³-hybridized carbons (Fsp3) is 0.944. The molecule has 2 fully saturated rings. The normalized spacial score (nSPS) is 37.5.